The molecule has 0 aliphatic rings. The number of pyridine rings is 1. The van der Waals surface area contributed by atoms with Gasteiger partial charge >= 0.3 is 0 Å². The largest absolute Gasteiger partial charge is 0.345 e. The van der Waals surface area contributed by atoms with Crippen LogP contribution in [0.15, 0.2) is 16.8 Å². The van der Waals surface area contributed by atoms with Crippen molar-refractivity contribution >= 4 is 17.0 Å². The lowest BCUT2D eigenvalue weighted by Gasteiger charge is -2.31. The standard InChI is InChI=1S/C15H22N4O2/c1-4-12-11-7-10(8-17-14(11)21-19-12)13(20)18-15(5-2,6-3)9-16/h7-8H,4-6,9,16H2,1-3H3,(H,18,20). The number of nitrogens with one attached hydrogen (secondary N) is 1. The van der Waals surface area contributed by atoms with Crippen LogP contribution in [0.1, 0.15) is 49.7 Å². The highest BCUT2D eigenvalue weighted by Crippen LogP contribution is 2.19. The van der Waals surface area contributed by atoms with E-state index in [-0.39, 0.29) is 11.4 Å². The predicted octanol–water partition coefficient (Wildman–Crippen LogP) is 2.03. The van der Waals surface area contributed by atoms with Gasteiger partial charge in [0.2, 0.25) is 0 Å². The van der Waals surface area contributed by atoms with Gasteiger partial charge in [0.1, 0.15) is 0 Å². The van der Waals surface area contributed by atoms with Crippen molar-refractivity contribution in [2.45, 2.75) is 45.6 Å². The van der Waals surface area contributed by atoms with E-state index < -0.39 is 0 Å². The number of carbonyl (C=O) groups is 1. The van der Waals surface area contributed by atoms with Gasteiger partial charge in [-0.2, -0.15) is 0 Å². The van der Waals surface area contributed by atoms with E-state index in [4.69, 9.17) is 10.3 Å². The van der Waals surface area contributed by atoms with Crippen molar-refractivity contribution in [2.75, 3.05) is 6.54 Å². The van der Waals surface area contributed by atoms with Gasteiger partial charge in [0.05, 0.1) is 22.2 Å². The summed E-state index contributed by atoms with van der Waals surface area (Å²) < 4.78 is 5.13. The topological polar surface area (TPSA) is 94.0 Å². The molecule has 0 fully saturated rings. The Kier molecular flexibility index (Phi) is 4.57. The summed E-state index contributed by atoms with van der Waals surface area (Å²) in [4.78, 5) is 16.6. The Labute approximate surface area is 124 Å². The quantitative estimate of drug-likeness (QED) is 0.849. The predicted molar refractivity (Wildman–Crippen MR) is 81.0 cm³/mol. The highest BCUT2D eigenvalue weighted by atomic mass is 16.5. The van der Waals surface area contributed by atoms with Gasteiger partial charge < -0.3 is 15.6 Å². The maximum absolute atomic E-state index is 12.4. The third-order valence-corrected chi connectivity index (χ3v) is 4.12. The van der Waals surface area contributed by atoms with E-state index in [0.717, 1.165) is 30.3 Å². The van der Waals surface area contributed by atoms with E-state index in [1.807, 2.05) is 20.8 Å². The second kappa shape index (κ2) is 6.22. The third kappa shape index (κ3) is 2.90. The van der Waals surface area contributed by atoms with Gasteiger partial charge in [-0.15, -0.1) is 0 Å². The molecule has 0 aliphatic carbocycles. The number of carbonyl (C=O) groups excluding carboxylic acids is 1. The molecule has 114 valence electrons. The number of rotatable bonds is 6. The van der Waals surface area contributed by atoms with E-state index in [2.05, 4.69) is 15.5 Å². The van der Waals surface area contributed by atoms with Crippen LogP contribution in [0.2, 0.25) is 0 Å². The Balaban J connectivity index is 2.30. The molecule has 2 heterocycles. The summed E-state index contributed by atoms with van der Waals surface area (Å²) in [6, 6.07) is 1.78. The molecule has 0 radical (unpaired) electrons. The Morgan fingerprint density at radius 1 is 1.38 bits per heavy atom. The zero-order valence-electron chi connectivity index (χ0n) is 12.8. The van der Waals surface area contributed by atoms with Crippen LogP contribution >= 0.6 is 0 Å². The van der Waals surface area contributed by atoms with Gasteiger partial charge in [-0.25, -0.2) is 4.98 Å². The summed E-state index contributed by atoms with van der Waals surface area (Å²) in [5, 5.41) is 7.77. The second-order valence-electron chi connectivity index (χ2n) is 5.21. The fraction of sp³-hybridized carbons (Fsp3) is 0.533. The molecule has 0 bridgehead atoms. The lowest BCUT2D eigenvalue weighted by Crippen LogP contribution is -2.52. The normalized spacial score (nSPS) is 11.8. The van der Waals surface area contributed by atoms with Crippen LogP contribution < -0.4 is 11.1 Å². The van der Waals surface area contributed by atoms with Crippen molar-refractivity contribution in [1.82, 2.24) is 15.5 Å². The van der Waals surface area contributed by atoms with E-state index in [1.54, 1.807) is 6.07 Å². The summed E-state index contributed by atoms with van der Waals surface area (Å²) in [6.45, 7) is 6.44. The fourth-order valence-corrected chi connectivity index (χ4v) is 2.34. The molecular weight excluding hydrogens is 268 g/mol. The molecule has 2 aromatic rings. The third-order valence-electron chi connectivity index (χ3n) is 4.12. The van der Waals surface area contributed by atoms with E-state index in [9.17, 15) is 4.79 Å². The smallest absolute Gasteiger partial charge is 0.257 e. The van der Waals surface area contributed by atoms with Crippen molar-refractivity contribution in [2.24, 2.45) is 5.73 Å². The highest BCUT2D eigenvalue weighted by molar-refractivity contribution is 5.97. The summed E-state index contributed by atoms with van der Waals surface area (Å²) in [5.74, 6) is -0.165. The molecule has 6 heteroatoms. The molecule has 1 amide bonds. The minimum Gasteiger partial charge on any atom is -0.345 e. The van der Waals surface area contributed by atoms with Gasteiger partial charge in [0.25, 0.3) is 11.6 Å². The molecular formula is C15H22N4O2. The molecule has 21 heavy (non-hydrogen) atoms. The molecule has 3 N–H and O–H groups in total. The van der Waals surface area contributed by atoms with E-state index in [0.29, 0.717) is 17.8 Å². The molecule has 2 aromatic heterocycles. The van der Waals surface area contributed by atoms with Crippen LogP contribution in [0.25, 0.3) is 11.1 Å². The van der Waals surface area contributed by atoms with Gasteiger partial charge in [-0.1, -0.05) is 25.9 Å². The first-order valence-corrected chi connectivity index (χ1v) is 7.36. The van der Waals surface area contributed by atoms with E-state index in [1.165, 1.54) is 6.20 Å². The zero-order valence-corrected chi connectivity index (χ0v) is 12.8. The maximum atomic E-state index is 12.4. The Hall–Kier alpha value is -1.95. The molecule has 0 spiro atoms. The van der Waals surface area contributed by atoms with E-state index >= 15 is 0 Å². The number of aryl methyl sites for hydroxylation is 1. The first-order chi connectivity index (χ1) is 10.1. The van der Waals surface area contributed by atoms with Crippen LogP contribution in [-0.4, -0.2) is 28.1 Å². The van der Waals surface area contributed by atoms with Crippen molar-refractivity contribution in [3.05, 3.63) is 23.5 Å². The lowest BCUT2D eigenvalue weighted by molar-refractivity contribution is 0.0895. The van der Waals surface area contributed by atoms with Crippen LogP contribution in [0.5, 0.6) is 0 Å². The lowest BCUT2D eigenvalue weighted by atomic mass is 9.92. The first-order valence-electron chi connectivity index (χ1n) is 7.36. The number of nitrogens with zero attached hydrogens (tertiary/aromatic N) is 2. The molecule has 0 aromatic carbocycles. The number of hydrogen-bond acceptors (Lipinski definition) is 5. The number of nitrogens with two attached hydrogens (primary N) is 1. The minimum atomic E-state index is -0.367. The number of amides is 1. The summed E-state index contributed by atoms with van der Waals surface area (Å²) >= 11 is 0. The Morgan fingerprint density at radius 2 is 2.10 bits per heavy atom. The van der Waals surface area contributed by atoms with Crippen molar-refractivity contribution < 1.29 is 9.32 Å². The summed E-state index contributed by atoms with van der Waals surface area (Å²) in [5.41, 5.74) is 7.22. The average molecular weight is 290 g/mol. The SMILES string of the molecule is CCc1noc2ncc(C(=O)NC(CC)(CC)CN)cc12. The number of aromatic nitrogens is 2. The summed E-state index contributed by atoms with van der Waals surface area (Å²) in [7, 11) is 0. The Bertz CT molecular complexity index is 623. The van der Waals surface area contributed by atoms with Crippen LogP contribution in [0.3, 0.4) is 0 Å². The molecule has 6 nitrogen and oxygen atoms in total. The molecule has 0 aliphatic heterocycles. The second-order valence-corrected chi connectivity index (χ2v) is 5.21. The van der Waals surface area contributed by atoms with Gasteiger partial charge in [0.15, 0.2) is 0 Å². The summed E-state index contributed by atoms with van der Waals surface area (Å²) in [6.07, 6.45) is 3.81. The zero-order chi connectivity index (χ0) is 15.5. The number of fused-ring (bicyclic) bond motifs is 1. The van der Waals surface area contributed by atoms with Crippen LogP contribution in [0, 0.1) is 0 Å². The van der Waals surface area contributed by atoms with Crippen molar-refractivity contribution in [3.63, 3.8) is 0 Å². The molecule has 0 saturated carbocycles. The first kappa shape index (κ1) is 15.4. The van der Waals surface area contributed by atoms with Gasteiger partial charge in [0, 0.05) is 12.7 Å². The van der Waals surface area contributed by atoms with Crippen molar-refractivity contribution in [3.8, 4) is 0 Å². The highest BCUT2D eigenvalue weighted by Gasteiger charge is 2.27. The molecule has 0 unspecified atom stereocenters. The van der Waals surface area contributed by atoms with Gasteiger partial charge in [-0.3, -0.25) is 4.79 Å². The van der Waals surface area contributed by atoms with Crippen molar-refractivity contribution in [1.29, 1.82) is 0 Å². The minimum absolute atomic E-state index is 0.165. The molecule has 2 rings (SSSR count). The fourth-order valence-electron chi connectivity index (χ4n) is 2.34. The van der Waals surface area contributed by atoms with Crippen LogP contribution in [0.4, 0.5) is 0 Å². The van der Waals surface area contributed by atoms with Gasteiger partial charge in [-0.05, 0) is 25.3 Å². The van der Waals surface area contributed by atoms with Crippen LogP contribution in [-0.2, 0) is 6.42 Å². The average Bonchev–Trinajstić information content (AvgIpc) is 2.94. The molecule has 0 saturated heterocycles. The molecule has 0 atom stereocenters. The Morgan fingerprint density at radius 3 is 2.67 bits per heavy atom. The number of hydrogen-bond donors (Lipinski definition) is 2. The maximum Gasteiger partial charge on any atom is 0.257 e. The monoisotopic (exact) mass is 290 g/mol.